The summed E-state index contributed by atoms with van der Waals surface area (Å²) in [5.74, 6) is 1.14. The van der Waals surface area contributed by atoms with Crippen LogP contribution in [0.25, 0.3) is 32.8 Å². The van der Waals surface area contributed by atoms with E-state index in [9.17, 15) is 4.39 Å². The van der Waals surface area contributed by atoms with Gasteiger partial charge in [0.2, 0.25) is 5.69 Å². The molecule has 1 aliphatic rings. The maximum Gasteiger partial charge on any atom is 0.228 e. The second-order valence-electron chi connectivity index (χ2n) is 6.75. The normalized spacial score (nSPS) is 12.3. The summed E-state index contributed by atoms with van der Waals surface area (Å²) >= 11 is 0. The highest BCUT2D eigenvalue weighted by Crippen LogP contribution is 2.50. The molecule has 0 fully saturated rings. The molecule has 0 aliphatic carbocycles. The number of pyridine rings is 1. The van der Waals surface area contributed by atoms with E-state index in [1.807, 2.05) is 25.4 Å². The first-order chi connectivity index (χ1) is 12.1. The Bertz CT molecular complexity index is 1210. The summed E-state index contributed by atoms with van der Waals surface area (Å²) in [7, 11) is 2.03. The van der Waals surface area contributed by atoms with Gasteiger partial charge in [-0.15, -0.1) is 0 Å². The summed E-state index contributed by atoms with van der Waals surface area (Å²) in [5, 5.41) is 4.23. The van der Waals surface area contributed by atoms with E-state index in [-0.39, 0.29) is 5.82 Å². The largest absolute Gasteiger partial charge is 0.455 e. The lowest BCUT2D eigenvalue weighted by molar-refractivity contribution is -0.659. The van der Waals surface area contributed by atoms with Crippen LogP contribution in [-0.2, 0) is 7.05 Å². The first-order valence-corrected chi connectivity index (χ1v) is 8.38. The van der Waals surface area contributed by atoms with Crippen molar-refractivity contribution in [1.29, 1.82) is 0 Å². The topological polar surface area (TPSA) is 13.1 Å². The van der Waals surface area contributed by atoms with Gasteiger partial charge in [-0.2, -0.15) is 0 Å². The number of rotatable bonds is 0. The molecule has 0 saturated carbocycles. The van der Waals surface area contributed by atoms with Gasteiger partial charge in [0.15, 0.2) is 6.20 Å². The van der Waals surface area contributed by atoms with E-state index in [0.717, 1.165) is 33.3 Å². The summed E-state index contributed by atoms with van der Waals surface area (Å²) in [4.78, 5) is 0. The van der Waals surface area contributed by atoms with Crippen molar-refractivity contribution in [3.05, 3.63) is 65.6 Å². The highest BCUT2D eigenvalue weighted by atomic mass is 19.1. The van der Waals surface area contributed by atoms with Gasteiger partial charge in [-0.1, -0.05) is 24.3 Å². The van der Waals surface area contributed by atoms with E-state index in [1.54, 1.807) is 6.07 Å². The maximum atomic E-state index is 14.1. The van der Waals surface area contributed by atoms with Gasteiger partial charge in [0.1, 0.15) is 24.4 Å². The zero-order valence-corrected chi connectivity index (χ0v) is 14.4. The molecule has 3 aromatic carbocycles. The van der Waals surface area contributed by atoms with Gasteiger partial charge in [-0.25, -0.2) is 8.96 Å². The fraction of sp³-hybridized carbons (Fsp3) is 0.136. The molecule has 0 unspecified atom stereocenters. The quantitative estimate of drug-likeness (QED) is 0.349. The predicted molar refractivity (Wildman–Crippen MR) is 97.6 cm³/mol. The van der Waals surface area contributed by atoms with Crippen LogP contribution in [-0.4, -0.2) is 0 Å². The van der Waals surface area contributed by atoms with Crippen LogP contribution in [0.2, 0.25) is 0 Å². The van der Waals surface area contributed by atoms with E-state index >= 15 is 0 Å². The minimum Gasteiger partial charge on any atom is -0.455 e. The van der Waals surface area contributed by atoms with Crippen molar-refractivity contribution in [3.63, 3.8) is 0 Å². The summed E-state index contributed by atoms with van der Waals surface area (Å²) in [6.07, 6.45) is 1.99. The summed E-state index contributed by atoms with van der Waals surface area (Å²) < 4.78 is 22.4. The predicted octanol–water partition coefficient (Wildman–Crippen LogP) is 5.35. The minimum atomic E-state index is -0.277. The molecule has 1 aromatic heterocycles. The van der Waals surface area contributed by atoms with Gasteiger partial charge in [0.25, 0.3) is 0 Å². The van der Waals surface area contributed by atoms with Gasteiger partial charge in [-0.3, -0.25) is 0 Å². The van der Waals surface area contributed by atoms with Gasteiger partial charge >= 0.3 is 0 Å². The molecule has 0 amide bonds. The number of benzene rings is 3. The molecule has 1 aliphatic heterocycles. The molecule has 4 aromatic rings. The highest BCUT2D eigenvalue weighted by Gasteiger charge is 2.31. The molecular formula is C22H17FNO+. The zero-order valence-electron chi connectivity index (χ0n) is 14.4. The molecule has 5 rings (SSSR count). The Hall–Kier alpha value is -2.94. The van der Waals surface area contributed by atoms with Gasteiger partial charge in [-0.05, 0) is 36.2 Å². The second-order valence-corrected chi connectivity index (χ2v) is 6.75. The van der Waals surface area contributed by atoms with Gasteiger partial charge in [0, 0.05) is 23.1 Å². The number of fused-ring (bicyclic) bond motifs is 3. The lowest BCUT2D eigenvalue weighted by Gasteiger charge is -2.24. The number of aromatic nitrogens is 1. The Kier molecular flexibility index (Phi) is 2.76. The monoisotopic (exact) mass is 330 g/mol. The van der Waals surface area contributed by atoms with Crippen LogP contribution in [0.15, 0.2) is 48.7 Å². The van der Waals surface area contributed by atoms with Crippen LogP contribution in [0.1, 0.15) is 11.1 Å². The molecule has 0 spiro atoms. The van der Waals surface area contributed by atoms with Crippen molar-refractivity contribution in [3.8, 4) is 22.8 Å². The van der Waals surface area contributed by atoms with Crippen molar-refractivity contribution >= 4 is 21.5 Å². The molecule has 0 radical (unpaired) electrons. The third-order valence-electron chi connectivity index (χ3n) is 5.29. The second kappa shape index (κ2) is 4.79. The van der Waals surface area contributed by atoms with E-state index in [4.69, 9.17) is 4.74 Å². The van der Waals surface area contributed by atoms with Crippen LogP contribution in [0, 0.1) is 19.7 Å². The minimum absolute atomic E-state index is 0.277. The first kappa shape index (κ1) is 14.4. The zero-order chi connectivity index (χ0) is 17.3. The fourth-order valence-electron chi connectivity index (χ4n) is 4.09. The smallest absolute Gasteiger partial charge is 0.228 e. The molecule has 3 heteroatoms. The lowest BCUT2D eigenvalue weighted by atomic mass is 9.89. The first-order valence-electron chi connectivity index (χ1n) is 8.38. The van der Waals surface area contributed by atoms with Gasteiger partial charge < -0.3 is 4.74 Å². The molecule has 0 bridgehead atoms. The molecule has 2 nitrogen and oxygen atoms in total. The summed E-state index contributed by atoms with van der Waals surface area (Å²) in [5.41, 5.74) is 4.46. The van der Waals surface area contributed by atoms with Crippen molar-refractivity contribution in [2.24, 2.45) is 7.05 Å². The Morgan fingerprint density at radius 1 is 0.960 bits per heavy atom. The molecule has 0 N–H and O–H groups in total. The summed E-state index contributed by atoms with van der Waals surface area (Å²) in [6.45, 7) is 4.21. The average Bonchev–Trinajstić information content (AvgIpc) is 2.61. The molecule has 0 saturated heterocycles. The van der Waals surface area contributed by atoms with E-state index in [1.165, 1.54) is 22.4 Å². The number of hydrogen-bond acceptors (Lipinski definition) is 1. The van der Waals surface area contributed by atoms with Crippen molar-refractivity contribution < 1.29 is 13.7 Å². The molecular weight excluding hydrogens is 313 g/mol. The molecule has 2 heterocycles. The van der Waals surface area contributed by atoms with Gasteiger partial charge in [0.05, 0.1) is 10.9 Å². The standard InChI is InChI=1S/C22H17FNO/c1-12-16-6-4-5-7-17(16)13(2)22-19(12)21-20-14(8-9-24(21)3)10-15(23)11-18(20)25-22/h4-11H,1-3H3/q+1. The Balaban J connectivity index is 2.05. The van der Waals surface area contributed by atoms with Crippen LogP contribution in [0.4, 0.5) is 4.39 Å². The fourth-order valence-corrected chi connectivity index (χ4v) is 4.09. The third kappa shape index (κ3) is 1.81. The highest BCUT2D eigenvalue weighted by molar-refractivity contribution is 6.06. The molecule has 122 valence electrons. The van der Waals surface area contributed by atoms with Crippen LogP contribution < -0.4 is 9.30 Å². The molecule has 25 heavy (non-hydrogen) atoms. The average molecular weight is 330 g/mol. The van der Waals surface area contributed by atoms with Crippen LogP contribution >= 0.6 is 0 Å². The SMILES string of the molecule is Cc1c2c(c(C)c3ccccc13)-c1c3c(cc(F)cc3cc[n+]1C)O2. The maximum absolute atomic E-state index is 14.1. The Morgan fingerprint density at radius 3 is 2.44 bits per heavy atom. The lowest BCUT2D eigenvalue weighted by Crippen LogP contribution is -2.32. The number of aryl methyl sites for hydroxylation is 3. The summed E-state index contributed by atoms with van der Waals surface area (Å²) in [6, 6.07) is 13.4. The Morgan fingerprint density at radius 2 is 1.68 bits per heavy atom. The Labute approximate surface area is 145 Å². The van der Waals surface area contributed by atoms with E-state index in [2.05, 4.69) is 36.6 Å². The van der Waals surface area contributed by atoms with E-state index < -0.39 is 0 Å². The van der Waals surface area contributed by atoms with Crippen molar-refractivity contribution in [2.45, 2.75) is 13.8 Å². The van der Waals surface area contributed by atoms with Crippen LogP contribution in [0.5, 0.6) is 11.5 Å². The van der Waals surface area contributed by atoms with Crippen molar-refractivity contribution in [2.75, 3.05) is 0 Å². The van der Waals surface area contributed by atoms with E-state index in [0.29, 0.717) is 5.75 Å². The number of ether oxygens (including phenoxy) is 1. The number of hydrogen-bond donors (Lipinski definition) is 0. The third-order valence-corrected chi connectivity index (χ3v) is 5.29. The van der Waals surface area contributed by atoms with Crippen LogP contribution in [0.3, 0.4) is 0 Å². The molecule has 0 atom stereocenters. The number of halogens is 1. The number of nitrogens with zero attached hydrogens (tertiary/aromatic N) is 1. The van der Waals surface area contributed by atoms with Crippen molar-refractivity contribution in [1.82, 2.24) is 0 Å².